The number of nitrogens with one attached hydrogen (secondary N) is 2. The van der Waals surface area contributed by atoms with Gasteiger partial charge in [-0.2, -0.15) is 13.2 Å². The Hall–Kier alpha value is -4.39. The predicted octanol–water partition coefficient (Wildman–Crippen LogP) is 6.84. The summed E-state index contributed by atoms with van der Waals surface area (Å²) in [7, 11) is -4.02. The molecule has 44 heavy (non-hydrogen) atoms. The molecule has 0 spiro atoms. The lowest BCUT2D eigenvalue weighted by molar-refractivity contribution is -0.137. The molecule has 0 bridgehead atoms. The highest BCUT2D eigenvalue weighted by molar-refractivity contribution is 7.90. The number of nitrogens with zero attached hydrogens (tertiary/aromatic N) is 2. The number of hydrogen-bond acceptors (Lipinski definition) is 6. The molecule has 13 heteroatoms. The molecule has 2 amide bonds. The van der Waals surface area contributed by atoms with Gasteiger partial charge < -0.3 is 15.4 Å². The lowest BCUT2D eigenvalue weighted by Gasteiger charge is -2.25. The number of alkyl halides is 3. The molecule has 4 aromatic rings. The fourth-order valence-electron chi connectivity index (χ4n) is 4.59. The summed E-state index contributed by atoms with van der Waals surface area (Å²) in [5, 5.41) is 5.09. The summed E-state index contributed by atoms with van der Waals surface area (Å²) >= 11 is 0. The first kappa shape index (κ1) is 32.5. The van der Waals surface area contributed by atoms with Crippen molar-refractivity contribution in [3.63, 3.8) is 0 Å². The van der Waals surface area contributed by atoms with Gasteiger partial charge in [0.1, 0.15) is 11.6 Å². The van der Waals surface area contributed by atoms with Crippen LogP contribution in [0.4, 0.5) is 23.7 Å². The number of benzene rings is 2. The SMILES string of the molecule is CC(C)C[C@@H](NC(=O)OC(C)(C)C)C(=O)Nc1ccc(-c2ccnc3c2ccn3S(=O)(=O)c2ccccc2)cc1C(F)(F)F. The van der Waals surface area contributed by atoms with Crippen LogP contribution in [0.3, 0.4) is 0 Å². The molecule has 0 aliphatic heterocycles. The topological polar surface area (TPSA) is 119 Å². The zero-order valence-corrected chi connectivity index (χ0v) is 25.6. The normalized spacial score (nSPS) is 13.1. The average molecular weight is 631 g/mol. The standard InChI is InChI=1S/C31H33F3N4O5S/c1-19(2)17-26(37-29(40)43-30(3,4)5)28(39)36-25-12-11-20(18-24(25)31(32,33)34)22-13-15-35-27-23(22)14-16-38(27)44(41,42)21-9-7-6-8-10-21/h6-16,18-19,26H,17H2,1-5H3,(H,36,39)(H,37,40)/t26-/m1/s1. The van der Waals surface area contributed by atoms with Gasteiger partial charge in [-0.1, -0.05) is 38.1 Å². The Balaban J connectivity index is 1.70. The largest absolute Gasteiger partial charge is 0.444 e. The van der Waals surface area contributed by atoms with E-state index in [2.05, 4.69) is 15.6 Å². The maximum atomic E-state index is 14.3. The number of anilines is 1. The summed E-state index contributed by atoms with van der Waals surface area (Å²) in [5.74, 6) is -0.908. The van der Waals surface area contributed by atoms with Crippen LogP contribution in [0.1, 0.15) is 46.6 Å². The molecule has 2 aromatic heterocycles. The highest BCUT2D eigenvalue weighted by Gasteiger charge is 2.35. The second-order valence-corrected chi connectivity index (χ2v) is 13.4. The van der Waals surface area contributed by atoms with Crippen LogP contribution in [0, 0.1) is 5.92 Å². The summed E-state index contributed by atoms with van der Waals surface area (Å²) in [5.41, 5.74) is -1.98. The average Bonchev–Trinajstić information content (AvgIpc) is 3.37. The number of hydrogen-bond donors (Lipinski definition) is 2. The van der Waals surface area contributed by atoms with Crippen molar-refractivity contribution < 1.29 is 35.9 Å². The van der Waals surface area contributed by atoms with Crippen LogP contribution in [0.15, 0.2) is 78.0 Å². The number of amides is 2. The molecule has 0 fully saturated rings. The molecule has 4 rings (SSSR count). The smallest absolute Gasteiger partial charge is 0.418 e. The second kappa shape index (κ2) is 12.3. The van der Waals surface area contributed by atoms with E-state index in [1.807, 2.05) is 0 Å². The number of alkyl carbamates (subject to hydrolysis) is 1. The molecule has 234 valence electrons. The lowest BCUT2D eigenvalue weighted by atomic mass is 9.99. The van der Waals surface area contributed by atoms with Gasteiger partial charge in [-0.15, -0.1) is 0 Å². The maximum absolute atomic E-state index is 14.3. The van der Waals surface area contributed by atoms with Crippen molar-refractivity contribution in [1.82, 2.24) is 14.3 Å². The van der Waals surface area contributed by atoms with Crippen molar-refractivity contribution >= 4 is 38.7 Å². The van der Waals surface area contributed by atoms with Crippen molar-refractivity contribution in [2.75, 3.05) is 5.32 Å². The summed E-state index contributed by atoms with van der Waals surface area (Å²) in [4.78, 5) is 29.7. The van der Waals surface area contributed by atoms with Gasteiger partial charge in [-0.3, -0.25) is 4.79 Å². The van der Waals surface area contributed by atoms with Crippen LogP contribution in [-0.2, 0) is 25.7 Å². The minimum atomic E-state index is -4.86. The molecule has 2 heterocycles. The zero-order valence-electron chi connectivity index (χ0n) is 24.8. The van der Waals surface area contributed by atoms with Crippen LogP contribution in [0.25, 0.3) is 22.2 Å². The number of pyridine rings is 1. The van der Waals surface area contributed by atoms with E-state index < -0.39 is 51.1 Å². The molecular formula is C31H33F3N4O5S. The molecule has 0 aliphatic rings. The lowest BCUT2D eigenvalue weighted by Crippen LogP contribution is -2.46. The predicted molar refractivity (Wildman–Crippen MR) is 160 cm³/mol. The van der Waals surface area contributed by atoms with Crippen molar-refractivity contribution in [2.24, 2.45) is 5.92 Å². The van der Waals surface area contributed by atoms with E-state index in [1.54, 1.807) is 52.8 Å². The first-order chi connectivity index (χ1) is 20.5. The van der Waals surface area contributed by atoms with Gasteiger partial charge in [0.2, 0.25) is 5.91 Å². The molecule has 0 aliphatic carbocycles. The number of halogens is 3. The third-order valence-corrected chi connectivity index (χ3v) is 8.14. The van der Waals surface area contributed by atoms with Crippen molar-refractivity contribution in [2.45, 2.75) is 63.8 Å². The van der Waals surface area contributed by atoms with Gasteiger partial charge in [0.05, 0.1) is 16.1 Å². The molecule has 9 nitrogen and oxygen atoms in total. The van der Waals surface area contributed by atoms with Gasteiger partial charge in [-0.25, -0.2) is 22.2 Å². The van der Waals surface area contributed by atoms with Crippen LogP contribution in [0.5, 0.6) is 0 Å². The Morgan fingerprint density at radius 1 is 1.00 bits per heavy atom. The Kier molecular flexibility index (Phi) is 9.10. The third-order valence-electron chi connectivity index (χ3n) is 6.46. The third kappa shape index (κ3) is 7.39. The van der Waals surface area contributed by atoms with Crippen LogP contribution >= 0.6 is 0 Å². The molecular weight excluding hydrogens is 597 g/mol. The molecule has 2 N–H and O–H groups in total. The van der Waals surface area contributed by atoms with E-state index in [0.717, 1.165) is 16.1 Å². The highest BCUT2D eigenvalue weighted by Crippen LogP contribution is 2.39. The van der Waals surface area contributed by atoms with E-state index in [9.17, 15) is 31.2 Å². The minimum absolute atomic E-state index is 0.0288. The van der Waals surface area contributed by atoms with Crippen LogP contribution < -0.4 is 10.6 Å². The molecule has 2 aromatic carbocycles. The molecule has 0 radical (unpaired) electrons. The van der Waals surface area contributed by atoms with Crippen molar-refractivity contribution in [3.05, 3.63) is 78.6 Å². The monoisotopic (exact) mass is 630 g/mol. The zero-order chi connectivity index (χ0) is 32.4. The first-order valence-corrected chi connectivity index (χ1v) is 15.2. The quantitative estimate of drug-likeness (QED) is 0.220. The second-order valence-electron chi connectivity index (χ2n) is 11.6. The summed E-state index contributed by atoms with van der Waals surface area (Å²) in [6, 6.07) is 12.9. The molecule has 0 saturated heterocycles. The van der Waals surface area contributed by atoms with E-state index in [4.69, 9.17) is 4.74 Å². The van der Waals surface area contributed by atoms with E-state index in [-0.39, 0.29) is 28.4 Å². The van der Waals surface area contributed by atoms with Gasteiger partial charge in [-0.05, 0) is 80.6 Å². The summed E-state index contributed by atoms with van der Waals surface area (Å²) < 4.78 is 75.7. The van der Waals surface area contributed by atoms with E-state index in [0.29, 0.717) is 10.9 Å². The fourth-order valence-corrected chi connectivity index (χ4v) is 5.92. The fraction of sp³-hybridized carbons (Fsp3) is 0.323. The Labute approximate surface area is 253 Å². The number of rotatable bonds is 8. The highest BCUT2D eigenvalue weighted by atomic mass is 32.2. The van der Waals surface area contributed by atoms with Crippen molar-refractivity contribution in [3.8, 4) is 11.1 Å². The van der Waals surface area contributed by atoms with Crippen molar-refractivity contribution in [1.29, 1.82) is 0 Å². The number of carbonyl (C=O) groups is 2. The summed E-state index contributed by atoms with van der Waals surface area (Å²) in [6.45, 7) is 8.56. The number of ether oxygens (including phenoxy) is 1. The van der Waals surface area contributed by atoms with Gasteiger partial charge >= 0.3 is 12.3 Å². The first-order valence-electron chi connectivity index (χ1n) is 13.8. The molecule has 1 atom stereocenters. The summed E-state index contributed by atoms with van der Waals surface area (Å²) in [6.07, 6.45) is -2.96. The number of fused-ring (bicyclic) bond motifs is 1. The van der Waals surface area contributed by atoms with E-state index in [1.165, 1.54) is 42.7 Å². The molecule has 0 unspecified atom stereocenters. The Morgan fingerprint density at radius 3 is 2.30 bits per heavy atom. The van der Waals surface area contributed by atoms with Gasteiger partial charge in [0.15, 0.2) is 5.65 Å². The maximum Gasteiger partial charge on any atom is 0.418 e. The number of aromatic nitrogens is 2. The van der Waals surface area contributed by atoms with E-state index >= 15 is 0 Å². The van der Waals surface area contributed by atoms with Crippen LogP contribution in [-0.4, -0.2) is 41.0 Å². The van der Waals surface area contributed by atoms with Gasteiger partial charge in [0.25, 0.3) is 10.0 Å². The number of carbonyl (C=O) groups excluding carboxylic acids is 2. The van der Waals surface area contributed by atoms with Gasteiger partial charge in [0, 0.05) is 17.8 Å². The molecule has 0 saturated carbocycles. The Morgan fingerprint density at radius 2 is 1.68 bits per heavy atom. The minimum Gasteiger partial charge on any atom is -0.444 e. The Bertz CT molecular complexity index is 1780. The van der Waals surface area contributed by atoms with Crippen LogP contribution in [0.2, 0.25) is 0 Å².